The molecule has 2 aliphatic carbocycles. The van der Waals surface area contributed by atoms with Gasteiger partial charge < -0.3 is 5.32 Å². The van der Waals surface area contributed by atoms with Crippen molar-refractivity contribution in [3.8, 4) is 0 Å². The molecule has 2 fully saturated rings. The van der Waals surface area contributed by atoms with Crippen LogP contribution in [0, 0.1) is 11.8 Å². The molecule has 1 nitrogen and oxygen atoms in total. The van der Waals surface area contributed by atoms with Crippen LogP contribution in [0.1, 0.15) is 57.9 Å². The number of likely N-dealkylation sites (N-methyl/N-ethyl adjacent to an activating group) is 1. The molecule has 2 saturated carbocycles. The fraction of sp³-hybridized carbons (Fsp3) is 0.684. The lowest BCUT2D eigenvalue weighted by Gasteiger charge is -2.38. The highest BCUT2D eigenvalue weighted by molar-refractivity contribution is 5.34. The second kappa shape index (κ2) is 5.89. The first kappa shape index (κ1) is 14.1. The minimum Gasteiger partial charge on any atom is -0.313 e. The molecule has 1 aromatic rings. The molecule has 0 radical (unpaired) electrons. The number of hydrogen-bond donors (Lipinski definition) is 1. The molecule has 0 spiro atoms. The van der Waals surface area contributed by atoms with E-state index in [4.69, 9.17) is 0 Å². The highest BCUT2D eigenvalue weighted by Gasteiger charge is 2.52. The summed E-state index contributed by atoms with van der Waals surface area (Å²) < 4.78 is 0. The van der Waals surface area contributed by atoms with Crippen LogP contribution < -0.4 is 5.32 Å². The van der Waals surface area contributed by atoms with Crippen LogP contribution in [0.5, 0.6) is 0 Å². The van der Waals surface area contributed by atoms with E-state index in [-0.39, 0.29) is 0 Å². The SMILES string of the molecule is CCNC(C1CCC(C)CC1)C1(c2ccccc2)CC1. The molecule has 0 bridgehead atoms. The predicted octanol–water partition coefficient (Wildman–Crippen LogP) is 4.52. The van der Waals surface area contributed by atoms with Gasteiger partial charge in [-0.2, -0.15) is 0 Å². The third-order valence-electron chi connectivity index (χ3n) is 5.69. The van der Waals surface area contributed by atoms with Gasteiger partial charge in [-0.3, -0.25) is 0 Å². The van der Waals surface area contributed by atoms with Gasteiger partial charge in [0.2, 0.25) is 0 Å². The quantitative estimate of drug-likeness (QED) is 0.830. The molecule has 0 amide bonds. The van der Waals surface area contributed by atoms with Gasteiger partial charge in [0.05, 0.1) is 0 Å². The molecular weight excluding hydrogens is 242 g/mol. The highest BCUT2D eigenvalue weighted by Crippen LogP contribution is 2.54. The minimum absolute atomic E-state index is 0.447. The Labute approximate surface area is 124 Å². The Morgan fingerprint density at radius 3 is 2.30 bits per heavy atom. The number of benzene rings is 1. The number of rotatable bonds is 5. The molecule has 1 aromatic carbocycles. The average Bonchev–Trinajstić information content (AvgIpc) is 3.28. The van der Waals surface area contributed by atoms with Crippen molar-refractivity contribution in [1.29, 1.82) is 0 Å². The van der Waals surface area contributed by atoms with Crippen molar-refractivity contribution < 1.29 is 0 Å². The zero-order valence-corrected chi connectivity index (χ0v) is 13.1. The smallest absolute Gasteiger partial charge is 0.0192 e. The molecule has 1 N–H and O–H groups in total. The second-order valence-corrected chi connectivity index (χ2v) is 7.08. The zero-order valence-electron chi connectivity index (χ0n) is 13.1. The Hall–Kier alpha value is -0.820. The lowest BCUT2D eigenvalue weighted by Crippen LogP contribution is -2.46. The van der Waals surface area contributed by atoms with Gasteiger partial charge in [0, 0.05) is 11.5 Å². The van der Waals surface area contributed by atoms with Gasteiger partial charge in [-0.25, -0.2) is 0 Å². The molecule has 0 saturated heterocycles. The maximum absolute atomic E-state index is 3.87. The van der Waals surface area contributed by atoms with E-state index in [1.54, 1.807) is 5.56 Å². The largest absolute Gasteiger partial charge is 0.313 e. The van der Waals surface area contributed by atoms with Crippen molar-refractivity contribution in [2.24, 2.45) is 11.8 Å². The summed E-state index contributed by atoms with van der Waals surface area (Å²) in [5.41, 5.74) is 2.02. The molecule has 0 aliphatic heterocycles. The lowest BCUT2D eigenvalue weighted by atomic mass is 9.72. The Balaban J connectivity index is 1.80. The first-order valence-electron chi connectivity index (χ1n) is 8.55. The van der Waals surface area contributed by atoms with E-state index in [2.05, 4.69) is 49.5 Å². The predicted molar refractivity (Wildman–Crippen MR) is 85.9 cm³/mol. The molecule has 0 aromatic heterocycles. The van der Waals surface area contributed by atoms with Crippen LogP contribution in [0.15, 0.2) is 30.3 Å². The first-order valence-corrected chi connectivity index (χ1v) is 8.55. The van der Waals surface area contributed by atoms with Gasteiger partial charge in [0.1, 0.15) is 0 Å². The zero-order chi connectivity index (χ0) is 14.0. The summed E-state index contributed by atoms with van der Waals surface area (Å²) in [6, 6.07) is 12.0. The van der Waals surface area contributed by atoms with Crippen molar-refractivity contribution in [3.63, 3.8) is 0 Å². The van der Waals surface area contributed by atoms with Gasteiger partial charge in [-0.15, -0.1) is 0 Å². The van der Waals surface area contributed by atoms with Crippen LogP contribution >= 0.6 is 0 Å². The van der Waals surface area contributed by atoms with E-state index in [0.29, 0.717) is 11.5 Å². The monoisotopic (exact) mass is 271 g/mol. The second-order valence-electron chi connectivity index (χ2n) is 7.08. The highest BCUT2D eigenvalue weighted by atomic mass is 15.0. The topological polar surface area (TPSA) is 12.0 Å². The van der Waals surface area contributed by atoms with Gasteiger partial charge >= 0.3 is 0 Å². The van der Waals surface area contributed by atoms with Crippen LogP contribution in [-0.2, 0) is 5.41 Å². The molecule has 3 rings (SSSR count). The maximum Gasteiger partial charge on any atom is 0.0192 e. The van der Waals surface area contributed by atoms with Crippen LogP contribution in [0.25, 0.3) is 0 Å². The Morgan fingerprint density at radius 2 is 1.75 bits per heavy atom. The summed E-state index contributed by atoms with van der Waals surface area (Å²) in [7, 11) is 0. The van der Waals surface area contributed by atoms with Crippen molar-refractivity contribution in [2.75, 3.05) is 6.54 Å². The molecular formula is C19H29N. The normalized spacial score (nSPS) is 29.9. The van der Waals surface area contributed by atoms with Gasteiger partial charge in [-0.1, -0.05) is 57.0 Å². The lowest BCUT2D eigenvalue weighted by molar-refractivity contribution is 0.202. The fourth-order valence-corrected chi connectivity index (χ4v) is 4.34. The molecule has 20 heavy (non-hydrogen) atoms. The van der Waals surface area contributed by atoms with E-state index in [1.165, 1.54) is 38.5 Å². The number of nitrogens with one attached hydrogen (secondary N) is 1. The molecule has 1 unspecified atom stereocenters. The standard InChI is InChI=1S/C19H29N/c1-3-20-18(16-11-9-15(2)10-12-16)19(13-14-19)17-7-5-4-6-8-17/h4-8,15-16,18,20H,3,9-14H2,1-2H3. The van der Waals surface area contributed by atoms with Gasteiger partial charge in [0.25, 0.3) is 0 Å². The van der Waals surface area contributed by atoms with E-state index < -0.39 is 0 Å². The maximum atomic E-state index is 3.87. The molecule has 2 aliphatic rings. The summed E-state index contributed by atoms with van der Waals surface area (Å²) >= 11 is 0. The van der Waals surface area contributed by atoms with Crippen LogP contribution in [0.4, 0.5) is 0 Å². The van der Waals surface area contributed by atoms with Crippen molar-refractivity contribution in [1.82, 2.24) is 5.32 Å². The average molecular weight is 271 g/mol. The summed E-state index contributed by atoms with van der Waals surface area (Å²) in [5, 5.41) is 3.87. The number of hydrogen-bond acceptors (Lipinski definition) is 1. The third-order valence-corrected chi connectivity index (χ3v) is 5.69. The van der Waals surface area contributed by atoms with Crippen molar-refractivity contribution in [2.45, 2.75) is 63.8 Å². The molecule has 1 atom stereocenters. The van der Waals surface area contributed by atoms with Crippen molar-refractivity contribution >= 4 is 0 Å². The minimum atomic E-state index is 0.447. The summed E-state index contributed by atoms with van der Waals surface area (Å²) in [5.74, 6) is 1.83. The summed E-state index contributed by atoms with van der Waals surface area (Å²) in [6.45, 7) is 5.79. The summed E-state index contributed by atoms with van der Waals surface area (Å²) in [6.07, 6.45) is 8.46. The third kappa shape index (κ3) is 2.65. The fourth-order valence-electron chi connectivity index (χ4n) is 4.34. The van der Waals surface area contributed by atoms with E-state index >= 15 is 0 Å². The summed E-state index contributed by atoms with van der Waals surface area (Å²) in [4.78, 5) is 0. The molecule has 110 valence electrons. The Morgan fingerprint density at radius 1 is 1.10 bits per heavy atom. The van der Waals surface area contributed by atoms with Gasteiger partial charge in [0.15, 0.2) is 0 Å². The van der Waals surface area contributed by atoms with Gasteiger partial charge in [-0.05, 0) is 49.6 Å². The van der Waals surface area contributed by atoms with Crippen LogP contribution in [-0.4, -0.2) is 12.6 Å². The van der Waals surface area contributed by atoms with E-state index in [9.17, 15) is 0 Å². The molecule has 0 heterocycles. The van der Waals surface area contributed by atoms with Crippen LogP contribution in [0.2, 0.25) is 0 Å². The van der Waals surface area contributed by atoms with E-state index in [0.717, 1.165) is 18.4 Å². The first-order chi connectivity index (χ1) is 9.76. The Kier molecular flexibility index (Phi) is 4.16. The van der Waals surface area contributed by atoms with Crippen LogP contribution in [0.3, 0.4) is 0 Å². The Bertz CT molecular complexity index is 413. The van der Waals surface area contributed by atoms with E-state index in [1.807, 2.05) is 0 Å². The van der Waals surface area contributed by atoms with Crippen molar-refractivity contribution in [3.05, 3.63) is 35.9 Å². The molecule has 1 heteroatoms.